The number of para-hydroxylation sites is 2. The summed E-state index contributed by atoms with van der Waals surface area (Å²) in [7, 11) is 0. The average Bonchev–Trinajstić information content (AvgIpc) is 3.58. The first-order valence-corrected chi connectivity index (χ1v) is 14.6. The molecule has 0 bridgehead atoms. The average molecular weight is 583 g/mol. The molecule has 0 saturated carbocycles. The fourth-order valence-electron chi connectivity index (χ4n) is 7.41. The number of ketones is 2. The molecule has 0 radical (unpaired) electrons. The second-order valence-electron chi connectivity index (χ2n) is 11.9. The lowest BCUT2D eigenvalue weighted by Crippen LogP contribution is -2.39. The standard InChI is InChI=1S/C36H26N2O6/c1-18-16-28(40)26-17-25-23(30(32(26)33(18)41)19-8-12-22(39)13-9-19)14-15-24-31(25)36(43)38(35(24)42)21-10-6-20(7-11-21)34-37-27-4-2-3-5-29(27)44-34/h2-14,16,24-25,30-31,39H,15,17H2,1H3/t24-,25+,30-,31-/m0/s1. The van der Waals surface area contributed by atoms with Crippen molar-refractivity contribution in [3.63, 3.8) is 0 Å². The van der Waals surface area contributed by atoms with Crippen molar-refractivity contribution in [1.82, 2.24) is 4.98 Å². The highest BCUT2D eigenvalue weighted by Gasteiger charge is 2.56. The molecule has 44 heavy (non-hydrogen) atoms. The van der Waals surface area contributed by atoms with Gasteiger partial charge in [0.1, 0.15) is 11.3 Å². The Kier molecular flexibility index (Phi) is 5.71. The molecule has 1 saturated heterocycles. The molecule has 2 heterocycles. The fraction of sp³-hybridized carbons (Fsp3) is 0.194. The van der Waals surface area contributed by atoms with E-state index in [0.29, 0.717) is 40.3 Å². The van der Waals surface area contributed by atoms with Crippen LogP contribution in [0.3, 0.4) is 0 Å². The van der Waals surface area contributed by atoms with Gasteiger partial charge in [0, 0.05) is 28.2 Å². The number of phenolic OH excluding ortho intramolecular Hbond substituents is 1. The molecule has 1 aliphatic heterocycles. The molecule has 8 nitrogen and oxygen atoms in total. The summed E-state index contributed by atoms with van der Waals surface area (Å²) in [5.41, 5.74) is 5.44. The van der Waals surface area contributed by atoms with Crippen LogP contribution in [-0.2, 0) is 19.2 Å². The van der Waals surface area contributed by atoms with Crippen LogP contribution in [0.4, 0.5) is 5.69 Å². The minimum atomic E-state index is -0.664. The largest absolute Gasteiger partial charge is 0.508 e. The topological polar surface area (TPSA) is 118 Å². The minimum absolute atomic E-state index is 0.0875. The van der Waals surface area contributed by atoms with Crippen molar-refractivity contribution >= 4 is 40.2 Å². The number of oxazole rings is 1. The summed E-state index contributed by atoms with van der Waals surface area (Å²) in [6.45, 7) is 1.64. The van der Waals surface area contributed by atoms with Gasteiger partial charge < -0.3 is 9.52 Å². The molecule has 3 aromatic carbocycles. The van der Waals surface area contributed by atoms with Crippen molar-refractivity contribution in [1.29, 1.82) is 0 Å². The lowest BCUT2D eigenvalue weighted by atomic mass is 9.59. The Morgan fingerprint density at radius 2 is 1.64 bits per heavy atom. The number of carbonyl (C=O) groups excluding carboxylic acids is 4. The first kappa shape index (κ1) is 26.3. The van der Waals surface area contributed by atoms with Crippen molar-refractivity contribution in [2.24, 2.45) is 17.8 Å². The summed E-state index contributed by atoms with van der Waals surface area (Å²) >= 11 is 0. The number of amides is 2. The van der Waals surface area contributed by atoms with Crippen LogP contribution in [0, 0.1) is 17.8 Å². The molecule has 0 spiro atoms. The fourth-order valence-corrected chi connectivity index (χ4v) is 7.41. The van der Waals surface area contributed by atoms with E-state index < -0.39 is 23.7 Å². The lowest BCUT2D eigenvalue weighted by molar-refractivity contribution is -0.123. The maximum atomic E-state index is 14.2. The molecule has 1 N–H and O–H groups in total. The highest BCUT2D eigenvalue weighted by atomic mass is 16.3. The Morgan fingerprint density at radius 3 is 2.39 bits per heavy atom. The normalized spacial score (nSPS) is 24.7. The summed E-state index contributed by atoms with van der Waals surface area (Å²) in [5.74, 6) is -2.66. The summed E-state index contributed by atoms with van der Waals surface area (Å²) in [6, 6.07) is 21.1. The number of imide groups is 1. The van der Waals surface area contributed by atoms with Gasteiger partial charge in [-0.15, -0.1) is 0 Å². The quantitative estimate of drug-likeness (QED) is 0.183. The highest BCUT2D eigenvalue weighted by molar-refractivity contribution is 6.25. The number of aromatic hydroxyl groups is 1. The van der Waals surface area contributed by atoms with E-state index in [1.54, 1.807) is 55.5 Å². The first-order chi connectivity index (χ1) is 21.3. The van der Waals surface area contributed by atoms with Gasteiger partial charge in [0.25, 0.3) is 0 Å². The number of hydrogen-bond acceptors (Lipinski definition) is 7. The Labute approximate surface area is 252 Å². The van der Waals surface area contributed by atoms with Crippen molar-refractivity contribution in [2.45, 2.75) is 25.7 Å². The summed E-state index contributed by atoms with van der Waals surface area (Å²) < 4.78 is 5.88. The number of aromatic nitrogens is 1. The number of phenols is 1. The zero-order valence-corrected chi connectivity index (χ0v) is 23.7. The van der Waals surface area contributed by atoms with Crippen molar-refractivity contribution in [2.75, 3.05) is 4.90 Å². The molecule has 8 rings (SSSR count). The van der Waals surface area contributed by atoms with E-state index in [4.69, 9.17) is 4.42 Å². The van der Waals surface area contributed by atoms with Crippen LogP contribution in [0.15, 0.2) is 112 Å². The maximum Gasteiger partial charge on any atom is 0.238 e. The molecule has 1 fully saturated rings. The molecule has 216 valence electrons. The van der Waals surface area contributed by atoms with Crippen LogP contribution in [0.1, 0.15) is 31.2 Å². The number of Topliss-reactive ketones (excluding diaryl/α,β-unsaturated/α-hetero) is 1. The molecule has 4 aromatic rings. The summed E-state index contributed by atoms with van der Waals surface area (Å²) in [6.07, 6.45) is 3.93. The number of hydrogen-bond donors (Lipinski definition) is 1. The second-order valence-corrected chi connectivity index (χ2v) is 11.9. The van der Waals surface area contributed by atoms with E-state index in [2.05, 4.69) is 4.98 Å². The van der Waals surface area contributed by atoms with Crippen LogP contribution >= 0.6 is 0 Å². The van der Waals surface area contributed by atoms with E-state index >= 15 is 0 Å². The van der Waals surface area contributed by atoms with E-state index in [1.165, 1.54) is 11.0 Å². The van der Waals surface area contributed by atoms with E-state index in [9.17, 15) is 24.3 Å². The molecule has 8 heteroatoms. The Balaban J connectivity index is 1.16. The van der Waals surface area contributed by atoms with Crippen molar-refractivity contribution < 1.29 is 28.7 Å². The summed E-state index contributed by atoms with van der Waals surface area (Å²) in [4.78, 5) is 60.6. The number of anilines is 1. The zero-order valence-electron chi connectivity index (χ0n) is 23.7. The van der Waals surface area contributed by atoms with Gasteiger partial charge in [-0.3, -0.25) is 24.1 Å². The van der Waals surface area contributed by atoms with Crippen molar-refractivity contribution in [3.8, 4) is 17.2 Å². The highest BCUT2D eigenvalue weighted by Crippen LogP contribution is 2.55. The van der Waals surface area contributed by atoms with Gasteiger partial charge in [-0.2, -0.15) is 0 Å². The summed E-state index contributed by atoms with van der Waals surface area (Å²) in [5, 5.41) is 9.94. The monoisotopic (exact) mass is 582 g/mol. The number of benzene rings is 3. The van der Waals surface area contributed by atoms with Gasteiger partial charge in [-0.1, -0.05) is 35.9 Å². The number of rotatable bonds is 3. The van der Waals surface area contributed by atoms with E-state index in [1.807, 2.05) is 30.3 Å². The lowest BCUT2D eigenvalue weighted by Gasteiger charge is -2.42. The van der Waals surface area contributed by atoms with E-state index in [-0.39, 0.29) is 35.6 Å². The Bertz CT molecular complexity index is 2000. The molecule has 1 aromatic heterocycles. The third kappa shape index (κ3) is 3.80. The minimum Gasteiger partial charge on any atom is -0.508 e. The predicted octanol–water partition coefficient (Wildman–Crippen LogP) is 5.83. The van der Waals surface area contributed by atoms with Crippen LogP contribution in [-0.4, -0.2) is 33.5 Å². The third-order valence-electron chi connectivity index (χ3n) is 9.46. The Hall–Kier alpha value is -5.37. The van der Waals surface area contributed by atoms with Crippen LogP contribution < -0.4 is 4.90 Å². The van der Waals surface area contributed by atoms with Crippen LogP contribution in [0.25, 0.3) is 22.6 Å². The van der Waals surface area contributed by atoms with Gasteiger partial charge in [-0.25, -0.2) is 4.98 Å². The third-order valence-corrected chi connectivity index (χ3v) is 9.46. The van der Waals surface area contributed by atoms with Gasteiger partial charge in [-0.05, 0) is 85.9 Å². The van der Waals surface area contributed by atoms with Gasteiger partial charge in [0.15, 0.2) is 17.1 Å². The molecule has 0 unspecified atom stereocenters. The second kappa shape index (κ2) is 9.57. The zero-order chi connectivity index (χ0) is 30.3. The molecule has 4 aliphatic rings. The molecule has 2 amide bonds. The Morgan fingerprint density at radius 1 is 0.886 bits per heavy atom. The van der Waals surface area contributed by atoms with Crippen LogP contribution in [0.2, 0.25) is 0 Å². The predicted molar refractivity (Wildman–Crippen MR) is 161 cm³/mol. The van der Waals surface area contributed by atoms with Gasteiger partial charge in [0.2, 0.25) is 17.7 Å². The smallest absolute Gasteiger partial charge is 0.238 e. The molecule has 3 aliphatic carbocycles. The van der Waals surface area contributed by atoms with Gasteiger partial charge in [0.05, 0.1) is 17.5 Å². The number of nitrogens with zero attached hydrogens (tertiary/aromatic N) is 2. The first-order valence-electron chi connectivity index (χ1n) is 14.6. The SMILES string of the molecule is CC1=CC(=O)C2=C(C1=O)[C@@H](c1ccc(O)cc1)C1=CC[C@@H]3C(=O)N(c4ccc(-c5nc6ccccc6o5)cc4)C(=O)[C@@H]3[C@@H]1C2. The maximum absolute atomic E-state index is 14.2. The van der Waals surface area contributed by atoms with Crippen molar-refractivity contribution in [3.05, 3.63) is 113 Å². The molecular weight excluding hydrogens is 556 g/mol. The number of carbonyl (C=O) groups is 4. The van der Waals surface area contributed by atoms with Gasteiger partial charge >= 0.3 is 0 Å². The number of fused-ring (bicyclic) bond motifs is 4. The molecule has 4 atom stereocenters. The molecular formula is C36H26N2O6. The van der Waals surface area contributed by atoms with Crippen LogP contribution in [0.5, 0.6) is 5.75 Å². The number of allylic oxidation sites excluding steroid dienone is 6. The van der Waals surface area contributed by atoms with E-state index in [0.717, 1.165) is 22.2 Å².